The van der Waals surface area contributed by atoms with Gasteiger partial charge < -0.3 is 24.0 Å². The topological polar surface area (TPSA) is 93.9 Å². The number of carbonyl (C=O) groups excluding carboxylic acids is 2. The minimum Gasteiger partial charge on any atom is -0.507 e. The minimum absolute atomic E-state index is 0.0653. The summed E-state index contributed by atoms with van der Waals surface area (Å²) in [7, 11) is 1.53. The third-order valence-electron chi connectivity index (χ3n) is 6.22. The van der Waals surface area contributed by atoms with Gasteiger partial charge in [-0.15, -0.1) is 0 Å². The molecule has 8 nitrogen and oxygen atoms in total. The molecule has 0 bridgehead atoms. The van der Waals surface area contributed by atoms with E-state index in [2.05, 4.69) is 11.9 Å². The van der Waals surface area contributed by atoms with Gasteiger partial charge in [0.15, 0.2) is 0 Å². The lowest BCUT2D eigenvalue weighted by Gasteiger charge is -2.25. The Labute approximate surface area is 210 Å². The molecule has 0 spiro atoms. The van der Waals surface area contributed by atoms with Crippen molar-refractivity contribution in [1.82, 2.24) is 14.5 Å². The van der Waals surface area contributed by atoms with Crippen molar-refractivity contribution in [2.75, 3.05) is 20.3 Å². The van der Waals surface area contributed by atoms with Gasteiger partial charge in [-0.2, -0.15) is 0 Å². The summed E-state index contributed by atoms with van der Waals surface area (Å²) in [6.07, 6.45) is 7.88. The van der Waals surface area contributed by atoms with Gasteiger partial charge in [0.2, 0.25) is 0 Å². The number of imidazole rings is 1. The highest BCUT2D eigenvalue weighted by Gasteiger charge is 2.45. The lowest BCUT2D eigenvalue weighted by molar-refractivity contribution is -0.139. The number of aromatic nitrogens is 2. The van der Waals surface area contributed by atoms with Crippen LogP contribution in [0.25, 0.3) is 5.76 Å². The van der Waals surface area contributed by atoms with Crippen LogP contribution in [0.4, 0.5) is 0 Å². The molecule has 0 radical (unpaired) electrons. The van der Waals surface area contributed by atoms with E-state index in [0.29, 0.717) is 37.4 Å². The number of rotatable bonds is 11. The molecule has 1 unspecified atom stereocenters. The molecule has 1 fully saturated rings. The standard InChI is InChI=1S/C28H31N3O5/c1-3-4-17-36-22-11-9-20(10-12-22)25-24(26(32)21-7-5-8-23(18-21)35-2)27(33)28(34)31(25)15-6-14-30-16-13-29-19-30/h5,7-13,16,18-19,25,32H,3-4,6,14-15,17H2,1-2H3. The molecule has 1 atom stereocenters. The molecule has 1 saturated heterocycles. The number of benzene rings is 2. The van der Waals surface area contributed by atoms with Crippen LogP contribution in [-0.4, -0.2) is 51.5 Å². The second kappa shape index (κ2) is 11.6. The zero-order valence-corrected chi connectivity index (χ0v) is 20.6. The summed E-state index contributed by atoms with van der Waals surface area (Å²) in [5.74, 6) is -0.294. The molecule has 8 heteroatoms. The van der Waals surface area contributed by atoms with Crippen molar-refractivity contribution < 1.29 is 24.2 Å². The quantitative estimate of drug-likeness (QED) is 0.183. The van der Waals surface area contributed by atoms with E-state index >= 15 is 0 Å². The largest absolute Gasteiger partial charge is 0.507 e. The second-order valence-corrected chi connectivity index (χ2v) is 8.65. The molecule has 0 aliphatic carbocycles. The Bertz CT molecular complexity index is 1220. The van der Waals surface area contributed by atoms with Crippen LogP contribution >= 0.6 is 0 Å². The third kappa shape index (κ3) is 5.43. The number of Topliss-reactive ketones (excluding diaryl/α,β-unsaturated/α-hetero) is 1. The van der Waals surface area contributed by atoms with E-state index in [4.69, 9.17) is 9.47 Å². The van der Waals surface area contributed by atoms with Crippen molar-refractivity contribution in [1.29, 1.82) is 0 Å². The SMILES string of the molecule is CCCCOc1ccc(C2C(=C(O)c3cccc(OC)c3)C(=O)C(=O)N2CCCn2ccnc2)cc1. The first kappa shape index (κ1) is 25.0. The molecular formula is C28H31N3O5. The van der Waals surface area contributed by atoms with E-state index in [9.17, 15) is 14.7 Å². The number of ether oxygens (including phenoxy) is 2. The molecule has 1 N–H and O–H groups in total. The fourth-order valence-electron chi connectivity index (χ4n) is 4.31. The summed E-state index contributed by atoms with van der Waals surface area (Å²) in [6.45, 7) is 3.72. The Kier molecular flexibility index (Phi) is 8.05. The van der Waals surface area contributed by atoms with Crippen LogP contribution in [0.3, 0.4) is 0 Å². The Morgan fingerprint density at radius 3 is 2.56 bits per heavy atom. The molecule has 36 heavy (non-hydrogen) atoms. The van der Waals surface area contributed by atoms with Crippen molar-refractivity contribution in [2.45, 2.75) is 38.8 Å². The molecule has 4 rings (SSSR count). The number of aliphatic hydroxyl groups excluding tert-OH is 1. The van der Waals surface area contributed by atoms with E-state index in [-0.39, 0.29) is 11.3 Å². The van der Waals surface area contributed by atoms with Crippen LogP contribution in [0.2, 0.25) is 0 Å². The molecule has 2 aromatic carbocycles. The molecule has 1 aromatic heterocycles. The van der Waals surface area contributed by atoms with Crippen molar-refractivity contribution >= 4 is 17.4 Å². The number of nitrogens with zero attached hydrogens (tertiary/aromatic N) is 3. The van der Waals surface area contributed by atoms with Crippen molar-refractivity contribution in [3.05, 3.63) is 84.0 Å². The summed E-state index contributed by atoms with van der Waals surface area (Å²) >= 11 is 0. The van der Waals surface area contributed by atoms with Gasteiger partial charge in [-0.1, -0.05) is 37.6 Å². The smallest absolute Gasteiger partial charge is 0.295 e. The maximum Gasteiger partial charge on any atom is 0.295 e. The molecular weight excluding hydrogens is 458 g/mol. The van der Waals surface area contributed by atoms with E-state index in [0.717, 1.165) is 24.2 Å². The van der Waals surface area contributed by atoms with Gasteiger partial charge in [0.05, 0.1) is 31.7 Å². The fraction of sp³-hybridized carbons (Fsp3) is 0.321. The summed E-state index contributed by atoms with van der Waals surface area (Å²) in [5, 5.41) is 11.2. The predicted molar refractivity (Wildman–Crippen MR) is 136 cm³/mol. The van der Waals surface area contributed by atoms with Crippen LogP contribution in [0.1, 0.15) is 43.4 Å². The zero-order valence-electron chi connectivity index (χ0n) is 20.6. The maximum atomic E-state index is 13.2. The molecule has 1 aliphatic heterocycles. The zero-order chi connectivity index (χ0) is 25.5. The van der Waals surface area contributed by atoms with Gasteiger partial charge in [-0.3, -0.25) is 9.59 Å². The summed E-state index contributed by atoms with van der Waals surface area (Å²) in [4.78, 5) is 32.0. The maximum absolute atomic E-state index is 13.2. The van der Waals surface area contributed by atoms with Gasteiger partial charge >= 0.3 is 0 Å². The Morgan fingerprint density at radius 2 is 1.86 bits per heavy atom. The van der Waals surface area contributed by atoms with Crippen LogP contribution in [0.15, 0.2) is 72.8 Å². The molecule has 3 aromatic rings. The van der Waals surface area contributed by atoms with Crippen LogP contribution in [0.5, 0.6) is 11.5 Å². The van der Waals surface area contributed by atoms with E-state index in [1.807, 2.05) is 35.0 Å². The number of likely N-dealkylation sites (tertiary alicyclic amines) is 1. The first-order valence-corrected chi connectivity index (χ1v) is 12.1. The highest BCUT2D eigenvalue weighted by atomic mass is 16.5. The molecule has 1 aliphatic rings. The summed E-state index contributed by atoms with van der Waals surface area (Å²) < 4.78 is 13.0. The minimum atomic E-state index is -0.719. The molecule has 2 heterocycles. The monoisotopic (exact) mass is 489 g/mol. The summed E-state index contributed by atoms with van der Waals surface area (Å²) in [5.41, 5.74) is 1.20. The van der Waals surface area contributed by atoms with Gasteiger partial charge in [0.1, 0.15) is 17.3 Å². The first-order chi connectivity index (χ1) is 17.5. The van der Waals surface area contributed by atoms with Crippen molar-refractivity contribution in [3.8, 4) is 11.5 Å². The van der Waals surface area contributed by atoms with Crippen LogP contribution < -0.4 is 9.47 Å². The molecule has 188 valence electrons. The lowest BCUT2D eigenvalue weighted by Crippen LogP contribution is -2.31. The van der Waals surface area contributed by atoms with Crippen molar-refractivity contribution in [3.63, 3.8) is 0 Å². The lowest BCUT2D eigenvalue weighted by atomic mass is 9.95. The normalized spacial score (nSPS) is 16.9. The Hall–Kier alpha value is -4.07. The van der Waals surface area contributed by atoms with E-state index < -0.39 is 17.7 Å². The number of aryl methyl sites for hydroxylation is 1. The molecule has 1 amide bonds. The Morgan fingerprint density at radius 1 is 1.06 bits per heavy atom. The first-order valence-electron chi connectivity index (χ1n) is 12.1. The number of hydrogen-bond acceptors (Lipinski definition) is 6. The van der Waals surface area contributed by atoms with Crippen molar-refractivity contribution in [2.24, 2.45) is 0 Å². The predicted octanol–water partition coefficient (Wildman–Crippen LogP) is 4.58. The summed E-state index contributed by atoms with van der Waals surface area (Å²) in [6, 6.07) is 13.5. The van der Waals surface area contributed by atoms with Crippen LogP contribution in [0, 0.1) is 0 Å². The number of amides is 1. The second-order valence-electron chi connectivity index (χ2n) is 8.65. The molecule has 0 saturated carbocycles. The third-order valence-corrected chi connectivity index (χ3v) is 6.22. The fourth-order valence-corrected chi connectivity index (χ4v) is 4.31. The number of methoxy groups -OCH3 is 1. The number of carbonyl (C=O) groups is 2. The average Bonchev–Trinajstić information content (AvgIpc) is 3.51. The number of aliphatic hydroxyl groups is 1. The van der Waals surface area contributed by atoms with E-state index in [1.54, 1.807) is 36.8 Å². The van der Waals surface area contributed by atoms with Gasteiger partial charge in [0, 0.05) is 31.0 Å². The highest BCUT2D eigenvalue weighted by molar-refractivity contribution is 6.46. The van der Waals surface area contributed by atoms with Gasteiger partial charge in [-0.25, -0.2) is 4.98 Å². The van der Waals surface area contributed by atoms with Gasteiger partial charge in [-0.05, 0) is 42.7 Å². The van der Waals surface area contributed by atoms with Gasteiger partial charge in [0.25, 0.3) is 11.7 Å². The number of ketones is 1. The number of hydrogen-bond donors (Lipinski definition) is 1. The van der Waals surface area contributed by atoms with Crippen LogP contribution in [-0.2, 0) is 16.1 Å². The Balaban J connectivity index is 1.68. The highest BCUT2D eigenvalue weighted by Crippen LogP contribution is 2.40. The van der Waals surface area contributed by atoms with E-state index in [1.165, 1.54) is 12.0 Å². The average molecular weight is 490 g/mol. The number of unbranched alkanes of at least 4 members (excludes halogenated alkanes) is 1.